The van der Waals surface area contributed by atoms with Crippen molar-refractivity contribution in [1.82, 2.24) is 4.98 Å². The van der Waals surface area contributed by atoms with Crippen molar-refractivity contribution in [3.05, 3.63) is 51.7 Å². The van der Waals surface area contributed by atoms with Gasteiger partial charge in [0.25, 0.3) is 0 Å². The zero-order valence-corrected chi connectivity index (χ0v) is 17.3. The number of rotatable bonds is 9. The second kappa shape index (κ2) is 9.88. The number of amides is 1. The number of aromatic nitrogens is 1. The topological polar surface area (TPSA) is 136 Å². The molecule has 0 fully saturated rings. The van der Waals surface area contributed by atoms with Gasteiger partial charge in [-0.15, -0.1) is 0 Å². The van der Waals surface area contributed by atoms with Crippen LogP contribution in [0.1, 0.15) is 32.0 Å². The second-order valence-electron chi connectivity index (χ2n) is 7.32. The van der Waals surface area contributed by atoms with E-state index in [1.165, 1.54) is 19.2 Å². The molecule has 0 saturated heterocycles. The minimum Gasteiger partial charge on any atom is -0.491 e. The smallest absolute Gasteiger partial charge is 0.411 e. The molecule has 0 unspecified atom stereocenters. The average molecular weight is 419 g/mol. The van der Waals surface area contributed by atoms with Crippen molar-refractivity contribution >= 4 is 11.8 Å². The Bertz CT molecular complexity index is 910. The van der Waals surface area contributed by atoms with Gasteiger partial charge in [-0.25, -0.2) is 9.78 Å². The van der Waals surface area contributed by atoms with Crippen LogP contribution >= 0.6 is 0 Å². The van der Waals surface area contributed by atoms with Crippen molar-refractivity contribution in [1.29, 1.82) is 0 Å². The Kier molecular flexibility index (Phi) is 7.54. The summed E-state index contributed by atoms with van der Waals surface area (Å²) in [5, 5.41) is 11.0. The number of pyridine rings is 1. The molecule has 1 aromatic carbocycles. The SMILES string of the molecule is COc1ccc(OCCOCc2ccc(C(C)(C)C)c(OC(N)=O)n2)cc1[N+](=O)[O-]. The molecule has 162 valence electrons. The van der Waals surface area contributed by atoms with Gasteiger partial charge in [0.05, 0.1) is 37.0 Å². The van der Waals surface area contributed by atoms with Crippen LogP contribution in [-0.2, 0) is 16.8 Å². The summed E-state index contributed by atoms with van der Waals surface area (Å²) in [6.07, 6.45) is -0.937. The van der Waals surface area contributed by atoms with Gasteiger partial charge in [0, 0.05) is 5.56 Å². The maximum absolute atomic E-state index is 11.2. The quantitative estimate of drug-likeness (QED) is 0.371. The van der Waals surface area contributed by atoms with E-state index in [1.807, 2.05) is 26.8 Å². The highest BCUT2D eigenvalue weighted by atomic mass is 16.6. The van der Waals surface area contributed by atoms with Crippen molar-refractivity contribution in [2.24, 2.45) is 5.73 Å². The first-order valence-corrected chi connectivity index (χ1v) is 9.12. The highest BCUT2D eigenvalue weighted by molar-refractivity contribution is 5.68. The number of nitro groups is 1. The van der Waals surface area contributed by atoms with Crippen LogP contribution in [0.2, 0.25) is 0 Å². The Balaban J connectivity index is 1.92. The summed E-state index contributed by atoms with van der Waals surface area (Å²) in [6, 6.07) is 7.93. The van der Waals surface area contributed by atoms with Gasteiger partial charge >= 0.3 is 11.8 Å². The van der Waals surface area contributed by atoms with Gasteiger partial charge in [-0.1, -0.05) is 26.8 Å². The number of hydrogen-bond donors (Lipinski definition) is 1. The molecule has 2 N–H and O–H groups in total. The fourth-order valence-electron chi connectivity index (χ4n) is 2.60. The fourth-order valence-corrected chi connectivity index (χ4v) is 2.60. The molecule has 2 aromatic rings. The molecular weight excluding hydrogens is 394 g/mol. The van der Waals surface area contributed by atoms with E-state index in [9.17, 15) is 14.9 Å². The summed E-state index contributed by atoms with van der Waals surface area (Å²) >= 11 is 0. The predicted molar refractivity (Wildman–Crippen MR) is 108 cm³/mol. The van der Waals surface area contributed by atoms with Crippen LogP contribution in [0, 0.1) is 10.1 Å². The average Bonchev–Trinajstić information content (AvgIpc) is 2.66. The first kappa shape index (κ1) is 22.9. The summed E-state index contributed by atoms with van der Waals surface area (Å²) in [4.78, 5) is 26.0. The number of benzene rings is 1. The lowest BCUT2D eigenvalue weighted by Gasteiger charge is -2.21. The number of ether oxygens (including phenoxy) is 4. The number of nitro benzene ring substituents is 1. The third-order valence-electron chi connectivity index (χ3n) is 4.02. The van der Waals surface area contributed by atoms with E-state index in [-0.39, 0.29) is 42.6 Å². The number of hydrogen-bond acceptors (Lipinski definition) is 8. The van der Waals surface area contributed by atoms with Crippen molar-refractivity contribution in [3.63, 3.8) is 0 Å². The molecule has 0 aliphatic carbocycles. The Morgan fingerprint density at radius 2 is 1.93 bits per heavy atom. The molecule has 0 aliphatic rings. The minimum absolute atomic E-state index is 0.151. The monoisotopic (exact) mass is 419 g/mol. The van der Waals surface area contributed by atoms with Crippen LogP contribution < -0.4 is 19.9 Å². The zero-order chi connectivity index (χ0) is 22.3. The number of methoxy groups -OCH3 is 1. The van der Waals surface area contributed by atoms with Crippen LogP contribution in [0.3, 0.4) is 0 Å². The lowest BCUT2D eigenvalue weighted by atomic mass is 9.87. The maximum Gasteiger partial charge on any atom is 0.411 e. The molecule has 0 aliphatic heterocycles. The van der Waals surface area contributed by atoms with E-state index in [1.54, 1.807) is 12.1 Å². The molecule has 0 atom stereocenters. The maximum atomic E-state index is 11.2. The van der Waals surface area contributed by atoms with E-state index < -0.39 is 11.0 Å². The second-order valence-corrected chi connectivity index (χ2v) is 7.32. The Morgan fingerprint density at radius 3 is 2.53 bits per heavy atom. The predicted octanol–water partition coefficient (Wildman–Crippen LogP) is 3.35. The van der Waals surface area contributed by atoms with Gasteiger partial charge < -0.3 is 24.7 Å². The molecule has 30 heavy (non-hydrogen) atoms. The molecule has 0 spiro atoms. The summed E-state index contributed by atoms with van der Waals surface area (Å²) in [6.45, 7) is 6.45. The van der Waals surface area contributed by atoms with Crippen molar-refractivity contribution in [2.75, 3.05) is 20.3 Å². The highest BCUT2D eigenvalue weighted by Gasteiger charge is 2.22. The summed E-state index contributed by atoms with van der Waals surface area (Å²) in [5.41, 5.74) is 5.96. The van der Waals surface area contributed by atoms with E-state index in [2.05, 4.69) is 4.98 Å². The van der Waals surface area contributed by atoms with Crippen LogP contribution in [0.15, 0.2) is 30.3 Å². The number of carbonyl (C=O) groups excluding carboxylic acids is 1. The standard InChI is InChI=1S/C20H25N3O7/c1-20(2,3)15-7-5-13(22-18(15)30-19(21)24)12-28-9-10-29-14-6-8-17(27-4)16(11-14)23(25)26/h5-8,11H,9-10,12H2,1-4H3,(H2,21,24). The number of nitrogens with two attached hydrogens (primary N) is 1. The van der Waals surface area contributed by atoms with Crippen molar-refractivity contribution in [3.8, 4) is 17.4 Å². The van der Waals surface area contributed by atoms with Gasteiger partial charge in [-0.3, -0.25) is 10.1 Å². The largest absolute Gasteiger partial charge is 0.491 e. The molecule has 2 rings (SSSR count). The van der Waals surface area contributed by atoms with Crippen LogP contribution in [0.25, 0.3) is 0 Å². The first-order valence-electron chi connectivity index (χ1n) is 9.12. The number of carbonyl (C=O) groups is 1. The Hall–Kier alpha value is -3.40. The molecular formula is C20H25N3O7. The van der Waals surface area contributed by atoms with E-state index in [4.69, 9.17) is 24.7 Å². The third kappa shape index (κ3) is 6.31. The summed E-state index contributed by atoms with van der Waals surface area (Å²) in [7, 11) is 1.36. The van der Waals surface area contributed by atoms with Crippen molar-refractivity contribution < 1.29 is 28.7 Å². The van der Waals surface area contributed by atoms with Gasteiger partial charge in [-0.2, -0.15) is 0 Å². The van der Waals surface area contributed by atoms with E-state index in [0.717, 1.165) is 5.56 Å². The van der Waals surface area contributed by atoms with Gasteiger partial charge in [0.2, 0.25) is 5.88 Å². The normalized spacial score (nSPS) is 11.1. The molecule has 1 heterocycles. The summed E-state index contributed by atoms with van der Waals surface area (Å²) < 4.78 is 21.0. The number of primary amides is 1. The molecule has 1 aromatic heterocycles. The van der Waals surface area contributed by atoms with Gasteiger partial charge in [-0.05, 0) is 23.6 Å². The molecule has 1 amide bonds. The molecule has 0 bridgehead atoms. The lowest BCUT2D eigenvalue weighted by molar-refractivity contribution is -0.385. The van der Waals surface area contributed by atoms with Gasteiger partial charge in [0.1, 0.15) is 12.4 Å². The summed E-state index contributed by atoms with van der Waals surface area (Å²) in [5.74, 6) is 0.635. The Labute approximate surface area is 174 Å². The van der Waals surface area contributed by atoms with Gasteiger partial charge in [0.15, 0.2) is 5.75 Å². The number of nitrogens with zero attached hydrogens (tertiary/aromatic N) is 2. The molecule has 0 radical (unpaired) electrons. The minimum atomic E-state index is -0.937. The lowest BCUT2D eigenvalue weighted by Crippen LogP contribution is -2.22. The molecule has 10 nitrogen and oxygen atoms in total. The van der Waals surface area contributed by atoms with Crippen LogP contribution in [0.5, 0.6) is 17.4 Å². The third-order valence-corrected chi connectivity index (χ3v) is 4.02. The van der Waals surface area contributed by atoms with E-state index in [0.29, 0.717) is 11.4 Å². The van der Waals surface area contributed by atoms with Crippen LogP contribution in [0.4, 0.5) is 10.5 Å². The highest BCUT2D eigenvalue weighted by Crippen LogP contribution is 2.31. The fraction of sp³-hybridized carbons (Fsp3) is 0.400. The van der Waals surface area contributed by atoms with Crippen molar-refractivity contribution in [2.45, 2.75) is 32.8 Å². The van der Waals surface area contributed by atoms with Crippen LogP contribution in [-0.4, -0.2) is 36.3 Å². The molecule has 0 saturated carbocycles. The first-order chi connectivity index (χ1) is 14.1. The zero-order valence-electron chi connectivity index (χ0n) is 17.3. The Morgan fingerprint density at radius 1 is 1.20 bits per heavy atom. The molecule has 10 heteroatoms. The van der Waals surface area contributed by atoms with E-state index >= 15 is 0 Å².